The molecule has 0 spiro atoms. The Kier molecular flexibility index (Phi) is 7.88. The van der Waals surface area contributed by atoms with Crippen molar-refractivity contribution < 1.29 is 4.79 Å². The second-order valence-electron chi connectivity index (χ2n) is 9.57. The molecule has 1 fully saturated rings. The summed E-state index contributed by atoms with van der Waals surface area (Å²) in [5.74, 6) is -0.119. The summed E-state index contributed by atoms with van der Waals surface area (Å²) in [5, 5.41) is 6.47. The average Bonchev–Trinajstić information content (AvgIpc) is 2.83. The molecule has 4 rings (SSSR count). The minimum atomic E-state index is -0.119. The molecule has 0 atom stereocenters. The maximum Gasteiger partial charge on any atom is 0.253 e. The number of amides is 1. The first-order valence-electron chi connectivity index (χ1n) is 12.7. The van der Waals surface area contributed by atoms with Crippen LogP contribution in [0.5, 0.6) is 0 Å². The number of nitrogens with zero attached hydrogens (tertiary/aromatic N) is 1. The quantitative estimate of drug-likeness (QED) is 0.600. The van der Waals surface area contributed by atoms with Crippen molar-refractivity contribution in [1.82, 2.24) is 15.6 Å². The van der Waals surface area contributed by atoms with Gasteiger partial charge in [-0.3, -0.25) is 9.59 Å². The van der Waals surface area contributed by atoms with Crippen LogP contribution >= 0.6 is 0 Å². The van der Waals surface area contributed by atoms with E-state index in [1.54, 1.807) is 0 Å². The maximum absolute atomic E-state index is 13.4. The monoisotopic (exact) mass is 462 g/mol. The van der Waals surface area contributed by atoms with Gasteiger partial charge in [0.1, 0.15) is 0 Å². The molecule has 2 aromatic rings. The third kappa shape index (κ3) is 5.27. The van der Waals surface area contributed by atoms with Crippen LogP contribution in [0.4, 0.5) is 5.69 Å². The van der Waals surface area contributed by atoms with Crippen LogP contribution in [0.25, 0.3) is 0 Å². The van der Waals surface area contributed by atoms with Crippen molar-refractivity contribution in [1.29, 1.82) is 0 Å². The Labute approximate surface area is 202 Å². The van der Waals surface area contributed by atoms with Gasteiger partial charge in [0.15, 0.2) is 0 Å². The molecule has 1 amide bonds. The number of fused-ring (bicyclic) bond motifs is 2. The van der Waals surface area contributed by atoms with Gasteiger partial charge in [-0.05, 0) is 95.2 Å². The lowest BCUT2D eigenvalue weighted by atomic mass is 9.89. The molecule has 0 unspecified atom stereocenters. The van der Waals surface area contributed by atoms with E-state index < -0.39 is 0 Å². The Hall–Kier alpha value is -2.86. The molecule has 6 heteroatoms. The molecule has 2 heterocycles. The van der Waals surface area contributed by atoms with Crippen molar-refractivity contribution in [2.45, 2.75) is 77.4 Å². The van der Waals surface area contributed by atoms with Crippen molar-refractivity contribution in [3.63, 3.8) is 0 Å². The van der Waals surface area contributed by atoms with Gasteiger partial charge in [0.25, 0.3) is 11.5 Å². The first-order chi connectivity index (χ1) is 16.5. The highest BCUT2D eigenvalue weighted by Crippen LogP contribution is 2.32. The minimum absolute atomic E-state index is 0.111. The Morgan fingerprint density at radius 3 is 2.62 bits per heavy atom. The van der Waals surface area contributed by atoms with Crippen molar-refractivity contribution in [3.8, 4) is 0 Å². The number of carbonyl (C=O) groups is 1. The van der Waals surface area contributed by atoms with E-state index in [4.69, 9.17) is 0 Å². The number of anilines is 1. The molecule has 34 heavy (non-hydrogen) atoms. The molecular weight excluding hydrogens is 424 g/mol. The predicted molar refractivity (Wildman–Crippen MR) is 139 cm³/mol. The summed E-state index contributed by atoms with van der Waals surface area (Å²) >= 11 is 0. The topological polar surface area (TPSA) is 77.2 Å². The van der Waals surface area contributed by atoms with Crippen LogP contribution in [0.15, 0.2) is 41.2 Å². The number of nitrogens with one attached hydrogen (secondary N) is 3. The van der Waals surface area contributed by atoms with Crippen molar-refractivity contribution in [2.24, 2.45) is 0 Å². The third-order valence-electron chi connectivity index (χ3n) is 7.45. The van der Waals surface area contributed by atoms with Crippen LogP contribution < -0.4 is 21.1 Å². The Balaban J connectivity index is 1.66. The fourth-order valence-electron chi connectivity index (χ4n) is 5.60. The summed E-state index contributed by atoms with van der Waals surface area (Å²) in [6, 6.07) is 9.20. The fraction of sp³-hybridized carbons (Fsp3) is 0.500. The molecule has 1 aromatic heterocycles. The van der Waals surface area contributed by atoms with Gasteiger partial charge in [-0.1, -0.05) is 18.2 Å². The van der Waals surface area contributed by atoms with E-state index in [0.717, 1.165) is 55.5 Å². The van der Waals surface area contributed by atoms with Gasteiger partial charge >= 0.3 is 0 Å². The van der Waals surface area contributed by atoms with E-state index in [0.29, 0.717) is 23.2 Å². The number of carbonyl (C=O) groups excluding carboxylic acids is 1. The van der Waals surface area contributed by atoms with E-state index in [1.165, 1.54) is 18.5 Å². The zero-order valence-electron chi connectivity index (χ0n) is 20.7. The number of aryl methyl sites for hydroxylation is 2. The number of hydrogen-bond donors (Lipinski definition) is 3. The number of H-pyrrole nitrogens is 1. The number of aromatic amines is 1. The standard InChI is InChI=1S/C28H38N4O2/c1-4-32(22-15-13-21(29-3)14-16-22)26-12-8-11-24-23(26)10-7-5-6-9-20-17-19(2)31-28(34)25(20)18-30-27(24)33/h5,7-8,11-12,17,21-22,29H,4,6,9-10,13-16,18H2,1-3H3,(H,30,33)(H,31,34)/b7-5-. The number of benzene rings is 1. The maximum atomic E-state index is 13.4. The zero-order valence-corrected chi connectivity index (χ0v) is 20.7. The van der Waals surface area contributed by atoms with Gasteiger partial charge in [-0.15, -0.1) is 0 Å². The Bertz CT molecular complexity index is 1100. The van der Waals surface area contributed by atoms with Crippen molar-refractivity contribution >= 4 is 11.6 Å². The zero-order chi connectivity index (χ0) is 24.1. The molecule has 3 N–H and O–H groups in total. The highest BCUT2D eigenvalue weighted by molar-refractivity contribution is 5.97. The van der Waals surface area contributed by atoms with Crippen LogP contribution in [-0.2, 0) is 19.4 Å². The van der Waals surface area contributed by atoms with Gasteiger partial charge in [0, 0.05) is 47.7 Å². The predicted octanol–water partition coefficient (Wildman–Crippen LogP) is 4.02. The number of aromatic nitrogens is 1. The molecule has 0 saturated heterocycles. The molecular formula is C28H38N4O2. The summed E-state index contributed by atoms with van der Waals surface area (Å²) < 4.78 is 0. The molecule has 1 aliphatic heterocycles. The van der Waals surface area contributed by atoms with Crippen LogP contribution in [0.1, 0.15) is 71.8 Å². The fourth-order valence-corrected chi connectivity index (χ4v) is 5.60. The van der Waals surface area contributed by atoms with Gasteiger partial charge in [0.05, 0.1) is 0 Å². The molecule has 0 radical (unpaired) electrons. The lowest BCUT2D eigenvalue weighted by Gasteiger charge is -2.39. The van der Waals surface area contributed by atoms with Crippen molar-refractivity contribution in [2.75, 3.05) is 18.5 Å². The van der Waals surface area contributed by atoms with E-state index in [-0.39, 0.29) is 18.0 Å². The van der Waals surface area contributed by atoms with Gasteiger partial charge in [-0.2, -0.15) is 0 Å². The Morgan fingerprint density at radius 1 is 1.09 bits per heavy atom. The Morgan fingerprint density at radius 2 is 1.88 bits per heavy atom. The van der Waals surface area contributed by atoms with Gasteiger partial charge in [-0.25, -0.2) is 0 Å². The number of pyridine rings is 1. The van der Waals surface area contributed by atoms with Crippen LogP contribution in [0, 0.1) is 6.92 Å². The summed E-state index contributed by atoms with van der Waals surface area (Å²) in [4.78, 5) is 31.4. The van der Waals surface area contributed by atoms with E-state index >= 15 is 0 Å². The van der Waals surface area contributed by atoms with Crippen LogP contribution in [0.2, 0.25) is 0 Å². The first kappa shape index (κ1) is 24.3. The van der Waals surface area contributed by atoms with E-state index in [1.807, 2.05) is 25.1 Å². The molecule has 2 aliphatic rings. The second-order valence-corrected chi connectivity index (χ2v) is 9.57. The molecule has 0 bridgehead atoms. The van der Waals surface area contributed by atoms with Gasteiger partial charge in [0.2, 0.25) is 0 Å². The van der Waals surface area contributed by atoms with Gasteiger partial charge < -0.3 is 20.5 Å². The lowest BCUT2D eigenvalue weighted by Crippen LogP contribution is -2.42. The van der Waals surface area contributed by atoms with E-state index in [9.17, 15) is 9.59 Å². The highest BCUT2D eigenvalue weighted by Gasteiger charge is 2.27. The highest BCUT2D eigenvalue weighted by atomic mass is 16.1. The van der Waals surface area contributed by atoms with Crippen molar-refractivity contribution in [3.05, 3.63) is 74.7 Å². The summed E-state index contributed by atoms with van der Waals surface area (Å²) in [6.07, 6.45) is 11.4. The molecule has 6 nitrogen and oxygen atoms in total. The molecule has 1 saturated carbocycles. The first-order valence-corrected chi connectivity index (χ1v) is 12.7. The summed E-state index contributed by atoms with van der Waals surface area (Å²) in [7, 11) is 2.05. The SMILES string of the molecule is CCN(c1cccc2c1C/C=C\CCc1cc(C)[nH]c(=O)c1CNC2=O)C1CCC(NC)CC1. The van der Waals surface area contributed by atoms with Crippen LogP contribution in [0.3, 0.4) is 0 Å². The smallest absolute Gasteiger partial charge is 0.253 e. The number of allylic oxidation sites excluding steroid dienone is 2. The average molecular weight is 463 g/mol. The molecule has 1 aromatic carbocycles. The summed E-state index contributed by atoms with van der Waals surface area (Å²) in [6.45, 7) is 5.26. The third-order valence-corrected chi connectivity index (χ3v) is 7.45. The summed E-state index contributed by atoms with van der Waals surface area (Å²) in [5.41, 5.74) is 5.35. The normalized spacial score (nSPS) is 21.9. The molecule has 182 valence electrons. The largest absolute Gasteiger partial charge is 0.369 e. The van der Waals surface area contributed by atoms with E-state index in [2.05, 4.69) is 52.7 Å². The number of hydrogen-bond acceptors (Lipinski definition) is 4. The molecule has 1 aliphatic carbocycles. The van der Waals surface area contributed by atoms with Crippen LogP contribution in [-0.4, -0.2) is 36.6 Å². The second kappa shape index (κ2) is 11.0. The minimum Gasteiger partial charge on any atom is -0.369 e. The number of rotatable bonds is 4. The lowest BCUT2D eigenvalue weighted by molar-refractivity contribution is 0.0950.